The van der Waals surface area contributed by atoms with Gasteiger partial charge in [-0.05, 0) is 26.0 Å². The molecule has 1 aromatic carbocycles. The maximum atomic E-state index is 12.3. The number of amides is 1. The Morgan fingerprint density at radius 3 is 2.58 bits per heavy atom. The number of nitrogens with zero attached hydrogens (tertiary/aromatic N) is 2. The summed E-state index contributed by atoms with van der Waals surface area (Å²) < 4.78 is 0. The lowest BCUT2D eigenvalue weighted by atomic mass is 10.0. The van der Waals surface area contributed by atoms with Gasteiger partial charge in [-0.2, -0.15) is 0 Å². The Hall–Kier alpha value is -2.15. The molecule has 19 heavy (non-hydrogen) atoms. The summed E-state index contributed by atoms with van der Waals surface area (Å²) >= 11 is 0. The van der Waals surface area contributed by atoms with Crippen molar-refractivity contribution < 1.29 is 14.8 Å². The number of nitrogen functional groups attached to an aromatic ring is 1. The Labute approximate surface area is 110 Å². The summed E-state index contributed by atoms with van der Waals surface area (Å²) in [6.07, 6.45) is 0. The van der Waals surface area contributed by atoms with Crippen LogP contribution in [0.3, 0.4) is 0 Å². The molecule has 0 saturated carbocycles. The lowest BCUT2D eigenvalue weighted by molar-refractivity contribution is -0.385. The first-order chi connectivity index (χ1) is 8.70. The Morgan fingerprint density at radius 1 is 1.53 bits per heavy atom. The first-order valence-electron chi connectivity index (χ1n) is 5.63. The Morgan fingerprint density at radius 2 is 2.11 bits per heavy atom. The number of carbonyl (C=O) groups excluding carboxylic acids is 1. The molecule has 1 aromatic rings. The fourth-order valence-corrected chi connectivity index (χ4v) is 1.45. The maximum Gasteiger partial charge on any atom is 0.282 e. The molecule has 0 fully saturated rings. The number of nitrogens with two attached hydrogens (primary N) is 1. The quantitative estimate of drug-likeness (QED) is 0.481. The van der Waals surface area contributed by atoms with Gasteiger partial charge in [0, 0.05) is 18.8 Å². The average Bonchev–Trinajstić information content (AvgIpc) is 2.36. The smallest absolute Gasteiger partial charge is 0.282 e. The van der Waals surface area contributed by atoms with Crippen molar-refractivity contribution in [3.05, 3.63) is 33.9 Å². The van der Waals surface area contributed by atoms with Crippen molar-refractivity contribution in [3.63, 3.8) is 0 Å². The molecule has 1 amide bonds. The molecule has 7 nitrogen and oxygen atoms in total. The van der Waals surface area contributed by atoms with Crippen LogP contribution in [0.4, 0.5) is 11.4 Å². The number of benzene rings is 1. The van der Waals surface area contributed by atoms with Gasteiger partial charge in [0.1, 0.15) is 5.56 Å². The van der Waals surface area contributed by atoms with E-state index in [1.165, 1.54) is 30.1 Å². The molecule has 0 heterocycles. The van der Waals surface area contributed by atoms with E-state index >= 15 is 0 Å². The van der Waals surface area contributed by atoms with E-state index in [1.807, 2.05) is 0 Å². The van der Waals surface area contributed by atoms with Gasteiger partial charge in [-0.3, -0.25) is 14.9 Å². The van der Waals surface area contributed by atoms with Crippen LogP contribution in [0.5, 0.6) is 0 Å². The number of likely N-dealkylation sites (N-methyl/N-ethyl adjacent to an activating group) is 1. The monoisotopic (exact) mass is 267 g/mol. The molecule has 0 atom stereocenters. The van der Waals surface area contributed by atoms with Crippen molar-refractivity contribution in [1.29, 1.82) is 0 Å². The van der Waals surface area contributed by atoms with Crippen LogP contribution in [0, 0.1) is 10.1 Å². The van der Waals surface area contributed by atoms with Crippen molar-refractivity contribution in [2.75, 3.05) is 19.4 Å². The topological polar surface area (TPSA) is 110 Å². The summed E-state index contributed by atoms with van der Waals surface area (Å²) in [7, 11) is 1.48. The van der Waals surface area contributed by atoms with Gasteiger partial charge in [0.2, 0.25) is 0 Å². The van der Waals surface area contributed by atoms with E-state index in [-0.39, 0.29) is 23.5 Å². The van der Waals surface area contributed by atoms with E-state index in [4.69, 9.17) is 5.73 Å². The highest BCUT2D eigenvalue weighted by molar-refractivity contribution is 5.99. The first-order valence-corrected chi connectivity index (χ1v) is 5.63. The predicted molar refractivity (Wildman–Crippen MR) is 70.8 cm³/mol. The lowest BCUT2D eigenvalue weighted by Crippen LogP contribution is -2.47. The molecule has 0 saturated heterocycles. The zero-order chi connectivity index (χ0) is 14.8. The third-order valence-electron chi connectivity index (χ3n) is 3.05. The van der Waals surface area contributed by atoms with Gasteiger partial charge in [0.25, 0.3) is 11.6 Å². The molecular weight excluding hydrogens is 250 g/mol. The van der Waals surface area contributed by atoms with E-state index < -0.39 is 16.4 Å². The maximum absolute atomic E-state index is 12.3. The van der Waals surface area contributed by atoms with Gasteiger partial charge in [-0.25, -0.2) is 0 Å². The van der Waals surface area contributed by atoms with E-state index in [1.54, 1.807) is 13.8 Å². The van der Waals surface area contributed by atoms with E-state index in [9.17, 15) is 20.0 Å². The van der Waals surface area contributed by atoms with Gasteiger partial charge < -0.3 is 15.7 Å². The molecule has 0 aliphatic carbocycles. The van der Waals surface area contributed by atoms with Crippen molar-refractivity contribution in [3.8, 4) is 0 Å². The summed E-state index contributed by atoms with van der Waals surface area (Å²) in [5.74, 6) is -0.557. The molecule has 7 heteroatoms. The van der Waals surface area contributed by atoms with Crippen LogP contribution in [-0.2, 0) is 0 Å². The van der Waals surface area contributed by atoms with Gasteiger partial charge in [0.05, 0.1) is 17.1 Å². The molecule has 0 aliphatic rings. The minimum atomic E-state index is -0.824. The molecule has 3 N–H and O–H groups in total. The highest BCUT2D eigenvalue weighted by Crippen LogP contribution is 2.25. The van der Waals surface area contributed by atoms with E-state index in [0.29, 0.717) is 0 Å². The van der Waals surface area contributed by atoms with Crippen molar-refractivity contribution in [2.45, 2.75) is 19.4 Å². The molecule has 0 spiro atoms. The molecule has 0 bridgehead atoms. The van der Waals surface area contributed by atoms with Crippen LogP contribution >= 0.6 is 0 Å². The summed E-state index contributed by atoms with van der Waals surface area (Å²) in [6, 6.07) is 3.83. The molecule has 0 aromatic heterocycles. The predicted octanol–water partition coefficient (Wildman–Crippen LogP) is 1.02. The molecule has 0 aliphatic heterocycles. The van der Waals surface area contributed by atoms with Crippen molar-refractivity contribution in [2.24, 2.45) is 0 Å². The minimum Gasteiger partial charge on any atom is -0.399 e. The number of nitro groups is 1. The van der Waals surface area contributed by atoms with Gasteiger partial charge in [-0.15, -0.1) is 0 Å². The number of anilines is 1. The largest absolute Gasteiger partial charge is 0.399 e. The number of rotatable bonds is 4. The van der Waals surface area contributed by atoms with Crippen LogP contribution in [0.2, 0.25) is 0 Å². The lowest BCUT2D eigenvalue weighted by Gasteiger charge is -2.33. The van der Waals surface area contributed by atoms with Crippen LogP contribution in [-0.4, -0.2) is 40.0 Å². The van der Waals surface area contributed by atoms with E-state index in [2.05, 4.69) is 0 Å². The molecule has 0 radical (unpaired) electrons. The number of aliphatic hydroxyl groups is 1. The van der Waals surface area contributed by atoms with Crippen LogP contribution in [0.15, 0.2) is 18.2 Å². The summed E-state index contributed by atoms with van der Waals surface area (Å²) in [5, 5.41) is 20.2. The number of hydrogen-bond donors (Lipinski definition) is 2. The minimum absolute atomic E-state index is 0.0889. The van der Waals surface area contributed by atoms with Gasteiger partial charge >= 0.3 is 0 Å². The summed E-state index contributed by atoms with van der Waals surface area (Å²) in [4.78, 5) is 23.8. The number of hydrogen-bond acceptors (Lipinski definition) is 5. The summed E-state index contributed by atoms with van der Waals surface area (Å²) in [5.41, 5.74) is 4.61. The van der Waals surface area contributed by atoms with Gasteiger partial charge in [0.15, 0.2) is 0 Å². The Kier molecular flexibility index (Phi) is 4.10. The first kappa shape index (κ1) is 14.9. The Balaban J connectivity index is 3.26. The fourth-order valence-electron chi connectivity index (χ4n) is 1.45. The number of carbonyl (C=O) groups is 1. The SMILES string of the molecule is CN(C(=O)c1cc(N)ccc1[N+](=O)[O-])C(C)(C)CO. The zero-order valence-corrected chi connectivity index (χ0v) is 11.1. The van der Waals surface area contributed by atoms with Crippen molar-refractivity contribution >= 4 is 17.3 Å². The van der Waals surface area contributed by atoms with Crippen molar-refractivity contribution in [1.82, 2.24) is 4.90 Å². The second-order valence-corrected chi connectivity index (χ2v) is 4.87. The number of aliphatic hydroxyl groups excluding tert-OH is 1. The normalized spacial score (nSPS) is 11.2. The number of nitro benzene ring substituents is 1. The molecule has 104 valence electrons. The summed E-state index contributed by atoms with van der Waals surface area (Å²) in [6.45, 7) is 3.05. The average molecular weight is 267 g/mol. The molecule has 1 rings (SSSR count). The highest BCUT2D eigenvalue weighted by Gasteiger charge is 2.31. The van der Waals surface area contributed by atoms with E-state index in [0.717, 1.165) is 0 Å². The third kappa shape index (κ3) is 3.00. The standard InChI is InChI=1S/C12H17N3O4/c1-12(2,7-16)14(3)11(17)9-6-8(13)4-5-10(9)15(18)19/h4-6,16H,7,13H2,1-3H3. The Bertz CT molecular complexity index is 514. The van der Waals surface area contributed by atoms with Crippen LogP contribution < -0.4 is 5.73 Å². The van der Waals surface area contributed by atoms with Crippen LogP contribution in [0.25, 0.3) is 0 Å². The fraction of sp³-hybridized carbons (Fsp3) is 0.417. The third-order valence-corrected chi connectivity index (χ3v) is 3.05. The second-order valence-electron chi connectivity index (χ2n) is 4.87. The molecular formula is C12H17N3O4. The second kappa shape index (κ2) is 5.23. The highest BCUT2D eigenvalue weighted by atomic mass is 16.6. The zero-order valence-electron chi connectivity index (χ0n) is 11.1. The molecule has 0 unspecified atom stereocenters. The van der Waals surface area contributed by atoms with Gasteiger partial charge in [-0.1, -0.05) is 0 Å². The van der Waals surface area contributed by atoms with Crippen LogP contribution in [0.1, 0.15) is 24.2 Å².